The van der Waals surface area contributed by atoms with Crippen molar-refractivity contribution in [2.45, 2.75) is 13.3 Å². The van der Waals surface area contributed by atoms with E-state index in [1.165, 1.54) is 0 Å². The van der Waals surface area contributed by atoms with Gasteiger partial charge in [0.15, 0.2) is 0 Å². The summed E-state index contributed by atoms with van der Waals surface area (Å²) in [7, 11) is 0. The molecule has 0 bridgehead atoms. The number of hydrogen-bond acceptors (Lipinski definition) is 3. The molecule has 0 saturated heterocycles. The number of para-hydroxylation sites is 1. The van der Waals surface area contributed by atoms with Crippen molar-refractivity contribution < 1.29 is 14.4 Å². The lowest BCUT2D eigenvalue weighted by molar-refractivity contribution is -0.116. The molecule has 0 saturated carbocycles. The van der Waals surface area contributed by atoms with Gasteiger partial charge in [0.05, 0.1) is 0 Å². The number of nitrogens with one attached hydrogen (secondary N) is 3. The first-order chi connectivity index (χ1) is 15.0. The van der Waals surface area contributed by atoms with Crippen LogP contribution < -0.4 is 20.9 Å². The third kappa shape index (κ3) is 4.72. The van der Waals surface area contributed by atoms with Crippen LogP contribution in [0.25, 0.3) is 0 Å². The Hall–Kier alpha value is -4.13. The smallest absolute Gasteiger partial charge is 0.322 e. The lowest BCUT2D eigenvalue weighted by Crippen LogP contribution is -2.25. The van der Waals surface area contributed by atoms with Gasteiger partial charge in [-0.25, -0.2) is 4.79 Å². The molecule has 0 fully saturated rings. The summed E-state index contributed by atoms with van der Waals surface area (Å²) in [5.74, 6) is -0.228. The van der Waals surface area contributed by atoms with Gasteiger partial charge in [0.2, 0.25) is 5.91 Å². The van der Waals surface area contributed by atoms with Crippen LogP contribution in [0.15, 0.2) is 72.8 Å². The third-order valence-corrected chi connectivity index (χ3v) is 5.05. The minimum absolute atomic E-state index is 0.00195. The van der Waals surface area contributed by atoms with E-state index in [-0.39, 0.29) is 17.8 Å². The van der Waals surface area contributed by atoms with E-state index in [2.05, 4.69) is 16.0 Å². The second-order valence-electron chi connectivity index (χ2n) is 7.24. The number of carbonyl (C=O) groups excluding carboxylic acids is 3. The molecule has 4 rings (SSSR count). The Bertz CT molecular complexity index is 1130. The molecule has 1 heterocycles. The highest BCUT2D eigenvalue weighted by Crippen LogP contribution is 2.29. The number of rotatable bonds is 4. The lowest BCUT2D eigenvalue weighted by atomic mass is 10.1. The van der Waals surface area contributed by atoms with Crippen LogP contribution in [0, 0.1) is 0 Å². The van der Waals surface area contributed by atoms with Gasteiger partial charge in [0.25, 0.3) is 5.91 Å². The molecule has 7 heteroatoms. The van der Waals surface area contributed by atoms with Crippen LogP contribution in [0.4, 0.5) is 27.5 Å². The van der Waals surface area contributed by atoms with Crippen LogP contribution in [0.1, 0.15) is 22.8 Å². The van der Waals surface area contributed by atoms with Crippen molar-refractivity contribution in [3.8, 4) is 0 Å². The van der Waals surface area contributed by atoms with Crippen molar-refractivity contribution in [1.82, 2.24) is 0 Å². The Kier molecular flexibility index (Phi) is 5.66. The van der Waals surface area contributed by atoms with E-state index < -0.39 is 0 Å². The van der Waals surface area contributed by atoms with Crippen molar-refractivity contribution >= 4 is 40.6 Å². The average molecular weight is 414 g/mol. The van der Waals surface area contributed by atoms with Crippen molar-refractivity contribution in [2.24, 2.45) is 0 Å². The van der Waals surface area contributed by atoms with Gasteiger partial charge in [-0.3, -0.25) is 9.59 Å². The van der Waals surface area contributed by atoms with Gasteiger partial charge in [-0.1, -0.05) is 18.2 Å². The number of hydrogen-bond donors (Lipinski definition) is 3. The number of nitrogens with zero attached hydrogens (tertiary/aromatic N) is 1. The first-order valence-corrected chi connectivity index (χ1v) is 9.95. The standard InChI is InChI=1S/C24H22N4O3/c1-16(29)28-14-13-17-15-18(7-12-22(17)28)23(30)25-20-8-10-21(11-9-20)27-24(31)26-19-5-3-2-4-6-19/h2-12,15H,13-14H2,1H3,(H,25,30)(H2,26,27,31). The molecule has 0 aromatic heterocycles. The van der Waals surface area contributed by atoms with Gasteiger partial charge >= 0.3 is 6.03 Å². The Labute approximate surface area is 180 Å². The molecule has 31 heavy (non-hydrogen) atoms. The van der Waals surface area contributed by atoms with Crippen LogP contribution in [-0.2, 0) is 11.2 Å². The minimum Gasteiger partial charge on any atom is -0.322 e. The summed E-state index contributed by atoms with van der Waals surface area (Å²) in [6, 6.07) is 21.1. The van der Waals surface area contributed by atoms with Crippen molar-refractivity contribution in [1.29, 1.82) is 0 Å². The van der Waals surface area contributed by atoms with Gasteiger partial charge in [0, 0.05) is 41.8 Å². The molecular weight excluding hydrogens is 392 g/mol. The molecule has 3 N–H and O–H groups in total. The van der Waals surface area contributed by atoms with Crippen LogP contribution in [0.5, 0.6) is 0 Å². The summed E-state index contributed by atoms with van der Waals surface area (Å²) in [4.78, 5) is 38.1. The quantitative estimate of drug-likeness (QED) is 0.587. The molecule has 4 amide bonds. The fourth-order valence-electron chi connectivity index (χ4n) is 3.53. The van der Waals surface area contributed by atoms with Gasteiger partial charge in [-0.05, 0) is 66.6 Å². The van der Waals surface area contributed by atoms with Crippen molar-refractivity contribution in [3.63, 3.8) is 0 Å². The summed E-state index contributed by atoms with van der Waals surface area (Å²) in [6.07, 6.45) is 0.738. The maximum atomic E-state index is 12.6. The van der Waals surface area contributed by atoms with Gasteiger partial charge in [-0.2, -0.15) is 0 Å². The van der Waals surface area contributed by atoms with Crippen LogP contribution in [0.3, 0.4) is 0 Å². The predicted molar refractivity (Wildman–Crippen MR) is 122 cm³/mol. The monoisotopic (exact) mass is 414 g/mol. The summed E-state index contributed by atoms with van der Waals surface area (Å²) in [5.41, 5.74) is 4.32. The molecule has 3 aromatic carbocycles. The summed E-state index contributed by atoms with van der Waals surface area (Å²) in [5, 5.41) is 8.35. The molecule has 0 aliphatic carbocycles. The maximum Gasteiger partial charge on any atom is 0.323 e. The van der Waals surface area contributed by atoms with E-state index in [0.717, 1.165) is 17.7 Å². The summed E-state index contributed by atoms with van der Waals surface area (Å²) >= 11 is 0. The Morgan fingerprint density at radius 2 is 1.39 bits per heavy atom. The largest absolute Gasteiger partial charge is 0.323 e. The SMILES string of the molecule is CC(=O)N1CCc2cc(C(=O)Nc3ccc(NC(=O)Nc4ccccc4)cc3)ccc21. The zero-order valence-corrected chi connectivity index (χ0v) is 17.0. The molecule has 1 aliphatic rings. The van der Waals surface area contributed by atoms with Crippen LogP contribution in [-0.4, -0.2) is 24.4 Å². The molecule has 156 valence electrons. The van der Waals surface area contributed by atoms with E-state index >= 15 is 0 Å². The fraction of sp³-hybridized carbons (Fsp3) is 0.125. The predicted octanol–water partition coefficient (Wildman–Crippen LogP) is 4.49. The molecule has 0 radical (unpaired) electrons. The number of urea groups is 1. The maximum absolute atomic E-state index is 12.6. The molecule has 0 atom stereocenters. The lowest BCUT2D eigenvalue weighted by Gasteiger charge is -2.15. The topological polar surface area (TPSA) is 90.5 Å². The first kappa shape index (κ1) is 20.2. The Morgan fingerprint density at radius 3 is 2.03 bits per heavy atom. The van der Waals surface area contributed by atoms with E-state index in [0.29, 0.717) is 29.2 Å². The molecule has 0 unspecified atom stereocenters. The van der Waals surface area contributed by atoms with E-state index in [9.17, 15) is 14.4 Å². The normalized spacial score (nSPS) is 12.1. The number of benzene rings is 3. The molecule has 0 spiro atoms. The van der Waals surface area contributed by atoms with Crippen molar-refractivity contribution in [2.75, 3.05) is 27.4 Å². The number of amides is 4. The molecule has 7 nitrogen and oxygen atoms in total. The highest BCUT2D eigenvalue weighted by Gasteiger charge is 2.23. The zero-order chi connectivity index (χ0) is 21.8. The zero-order valence-electron chi connectivity index (χ0n) is 17.0. The molecule has 1 aliphatic heterocycles. The van der Waals surface area contributed by atoms with Crippen molar-refractivity contribution in [3.05, 3.63) is 83.9 Å². The fourth-order valence-corrected chi connectivity index (χ4v) is 3.53. The van der Waals surface area contributed by atoms with Gasteiger partial charge in [0.1, 0.15) is 0 Å². The van der Waals surface area contributed by atoms with E-state index in [1.807, 2.05) is 30.3 Å². The van der Waals surface area contributed by atoms with Gasteiger partial charge in [-0.15, -0.1) is 0 Å². The first-order valence-electron chi connectivity index (χ1n) is 9.95. The highest BCUT2D eigenvalue weighted by molar-refractivity contribution is 6.05. The second-order valence-corrected chi connectivity index (χ2v) is 7.24. The molecular formula is C24H22N4O3. The minimum atomic E-state index is -0.347. The number of anilines is 4. The van der Waals surface area contributed by atoms with Crippen LogP contribution in [0.2, 0.25) is 0 Å². The Morgan fingerprint density at radius 1 is 0.774 bits per heavy atom. The van der Waals surface area contributed by atoms with E-state index in [4.69, 9.17) is 0 Å². The highest BCUT2D eigenvalue weighted by atomic mass is 16.2. The molecule has 3 aromatic rings. The van der Waals surface area contributed by atoms with E-state index in [1.54, 1.807) is 54.3 Å². The van der Waals surface area contributed by atoms with Gasteiger partial charge < -0.3 is 20.9 Å². The summed E-state index contributed by atoms with van der Waals surface area (Å²) in [6.45, 7) is 2.18. The second kappa shape index (κ2) is 8.71. The number of fused-ring (bicyclic) bond motifs is 1. The van der Waals surface area contributed by atoms with Crippen LogP contribution >= 0.6 is 0 Å². The average Bonchev–Trinajstić information content (AvgIpc) is 3.19. The third-order valence-electron chi connectivity index (χ3n) is 5.05. The Balaban J connectivity index is 1.36. The summed E-state index contributed by atoms with van der Waals surface area (Å²) < 4.78 is 0. The number of carbonyl (C=O) groups is 3.